The van der Waals surface area contributed by atoms with Crippen molar-refractivity contribution in [1.29, 1.82) is 5.26 Å². The average molecular weight is 237 g/mol. The van der Waals surface area contributed by atoms with Crippen molar-refractivity contribution >= 4 is 17.3 Å². The summed E-state index contributed by atoms with van der Waals surface area (Å²) >= 11 is 5.90. The van der Waals surface area contributed by atoms with Crippen molar-refractivity contribution in [2.45, 2.75) is 26.7 Å². The average Bonchev–Trinajstić information content (AvgIpc) is 2.24. The summed E-state index contributed by atoms with van der Waals surface area (Å²) in [6, 6.07) is 9.86. The van der Waals surface area contributed by atoms with E-state index in [1.165, 1.54) is 0 Å². The smallest absolute Gasteiger partial charge is 0.0621 e. The van der Waals surface area contributed by atoms with Gasteiger partial charge in [-0.2, -0.15) is 5.26 Å². The van der Waals surface area contributed by atoms with Crippen molar-refractivity contribution in [2.75, 3.05) is 11.9 Å². The first kappa shape index (κ1) is 12.9. The normalized spacial score (nSPS) is 10.9. The standard InChI is InChI=1S/C13H17ClN2/c1-13(2,7-4-8-15)10-16-12-6-3-5-11(14)9-12/h3,5-6,9,16H,4,7,10H2,1-2H3. The molecule has 0 saturated heterocycles. The van der Waals surface area contributed by atoms with Crippen molar-refractivity contribution < 1.29 is 0 Å². The lowest BCUT2D eigenvalue weighted by atomic mass is 9.88. The van der Waals surface area contributed by atoms with E-state index in [2.05, 4.69) is 25.2 Å². The van der Waals surface area contributed by atoms with Crippen LogP contribution in [0, 0.1) is 16.7 Å². The predicted molar refractivity (Wildman–Crippen MR) is 68.6 cm³/mol. The first-order valence-electron chi connectivity index (χ1n) is 5.40. The number of anilines is 1. The molecule has 0 unspecified atom stereocenters. The largest absolute Gasteiger partial charge is 0.384 e. The van der Waals surface area contributed by atoms with Gasteiger partial charge in [-0.25, -0.2) is 0 Å². The third-order valence-electron chi connectivity index (χ3n) is 2.51. The van der Waals surface area contributed by atoms with Gasteiger partial charge in [0.15, 0.2) is 0 Å². The fourth-order valence-corrected chi connectivity index (χ4v) is 1.61. The van der Waals surface area contributed by atoms with E-state index in [4.69, 9.17) is 16.9 Å². The molecule has 0 heterocycles. The van der Waals surface area contributed by atoms with Gasteiger partial charge in [-0.05, 0) is 30.0 Å². The van der Waals surface area contributed by atoms with Gasteiger partial charge >= 0.3 is 0 Å². The third-order valence-corrected chi connectivity index (χ3v) is 2.74. The number of halogens is 1. The Kier molecular flexibility index (Phi) is 4.64. The fraction of sp³-hybridized carbons (Fsp3) is 0.462. The third kappa shape index (κ3) is 4.55. The Labute approximate surface area is 102 Å². The van der Waals surface area contributed by atoms with Gasteiger partial charge in [0.1, 0.15) is 0 Å². The van der Waals surface area contributed by atoms with Gasteiger partial charge in [0.05, 0.1) is 6.07 Å². The van der Waals surface area contributed by atoms with Crippen LogP contribution >= 0.6 is 11.6 Å². The first-order valence-corrected chi connectivity index (χ1v) is 5.78. The molecule has 1 rings (SSSR count). The van der Waals surface area contributed by atoms with E-state index in [1.807, 2.05) is 24.3 Å². The van der Waals surface area contributed by atoms with Gasteiger partial charge in [0.2, 0.25) is 0 Å². The van der Waals surface area contributed by atoms with Crippen LogP contribution in [0.4, 0.5) is 5.69 Å². The highest BCUT2D eigenvalue weighted by Crippen LogP contribution is 2.23. The molecule has 0 spiro atoms. The van der Waals surface area contributed by atoms with E-state index < -0.39 is 0 Å². The van der Waals surface area contributed by atoms with Gasteiger partial charge in [0, 0.05) is 23.7 Å². The maximum Gasteiger partial charge on any atom is 0.0621 e. The summed E-state index contributed by atoms with van der Waals surface area (Å²) in [6.45, 7) is 5.15. The predicted octanol–water partition coefficient (Wildman–Crippen LogP) is 4.08. The molecule has 86 valence electrons. The number of nitriles is 1. The molecule has 16 heavy (non-hydrogen) atoms. The zero-order valence-electron chi connectivity index (χ0n) is 9.76. The van der Waals surface area contributed by atoms with E-state index in [-0.39, 0.29) is 5.41 Å². The minimum Gasteiger partial charge on any atom is -0.384 e. The maximum atomic E-state index is 8.56. The van der Waals surface area contributed by atoms with Crippen molar-refractivity contribution in [3.8, 4) is 6.07 Å². The van der Waals surface area contributed by atoms with Gasteiger partial charge in [-0.1, -0.05) is 31.5 Å². The number of nitrogens with zero attached hydrogens (tertiary/aromatic N) is 1. The summed E-state index contributed by atoms with van der Waals surface area (Å²) < 4.78 is 0. The molecule has 0 fully saturated rings. The highest BCUT2D eigenvalue weighted by atomic mass is 35.5. The topological polar surface area (TPSA) is 35.8 Å². The van der Waals surface area contributed by atoms with Crippen molar-refractivity contribution in [3.05, 3.63) is 29.3 Å². The van der Waals surface area contributed by atoms with Gasteiger partial charge < -0.3 is 5.32 Å². The molecule has 1 aromatic carbocycles. The summed E-state index contributed by atoms with van der Waals surface area (Å²) in [4.78, 5) is 0. The summed E-state index contributed by atoms with van der Waals surface area (Å²) in [7, 11) is 0. The highest BCUT2D eigenvalue weighted by molar-refractivity contribution is 6.30. The fourth-order valence-electron chi connectivity index (χ4n) is 1.42. The van der Waals surface area contributed by atoms with Gasteiger partial charge in [-0.3, -0.25) is 0 Å². The van der Waals surface area contributed by atoms with Crippen LogP contribution in [0.25, 0.3) is 0 Å². The minimum absolute atomic E-state index is 0.123. The number of hydrogen-bond acceptors (Lipinski definition) is 2. The number of benzene rings is 1. The van der Waals surface area contributed by atoms with E-state index in [1.54, 1.807) is 0 Å². The molecule has 0 aliphatic carbocycles. The SMILES string of the molecule is CC(C)(CCC#N)CNc1cccc(Cl)c1. The van der Waals surface area contributed by atoms with Crippen LogP contribution in [-0.4, -0.2) is 6.54 Å². The van der Waals surface area contributed by atoms with Crippen LogP contribution in [0.2, 0.25) is 5.02 Å². The van der Waals surface area contributed by atoms with Crippen molar-refractivity contribution in [2.24, 2.45) is 5.41 Å². The molecule has 1 N–H and O–H groups in total. The number of hydrogen-bond donors (Lipinski definition) is 1. The Morgan fingerprint density at radius 1 is 1.44 bits per heavy atom. The molecule has 0 aliphatic heterocycles. The Morgan fingerprint density at radius 3 is 2.81 bits per heavy atom. The lowest BCUT2D eigenvalue weighted by molar-refractivity contribution is 0.364. The summed E-state index contributed by atoms with van der Waals surface area (Å²) in [5.41, 5.74) is 1.15. The van der Waals surface area contributed by atoms with Crippen LogP contribution in [0.3, 0.4) is 0 Å². The zero-order valence-corrected chi connectivity index (χ0v) is 10.5. The molecule has 1 aromatic rings. The Morgan fingerprint density at radius 2 is 2.19 bits per heavy atom. The Balaban J connectivity index is 2.48. The zero-order chi connectivity index (χ0) is 12.0. The highest BCUT2D eigenvalue weighted by Gasteiger charge is 2.16. The molecule has 0 bridgehead atoms. The van der Waals surface area contributed by atoms with E-state index in [0.29, 0.717) is 6.42 Å². The quantitative estimate of drug-likeness (QED) is 0.836. The summed E-state index contributed by atoms with van der Waals surface area (Å²) in [6.07, 6.45) is 1.50. The van der Waals surface area contributed by atoms with Gasteiger partial charge in [0.25, 0.3) is 0 Å². The van der Waals surface area contributed by atoms with E-state index >= 15 is 0 Å². The van der Waals surface area contributed by atoms with E-state index in [0.717, 1.165) is 23.7 Å². The van der Waals surface area contributed by atoms with Crippen molar-refractivity contribution in [1.82, 2.24) is 0 Å². The molecule has 0 aliphatic rings. The minimum atomic E-state index is 0.123. The second-order valence-corrected chi connectivity index (χ2v) is 5.12. The summed E-state index contributed by atoms with van der Waals surface area (Å²) in [5.74, 6) is 0. The maximum absolute atomic E-state index is 8.56. The van der Waals surface area contributed by atoms with Crippen LogP contribution in [0.1, 0.15) is 26.7 Å². The van der Waals surface area contributed by atoms with Crippen LogP contribution < -0.4 is 5.32 Å². The Hall–Kier alpha value is -1.20. The second-order valence-electron chi connectivity index (χ2n) is 4.69. The molecular formula is C13H17ClN2. The number of rotatable bonds is 5. The van der Waals surface area contributed by atoms with E-state index in [9.17, 15) is 0 Å². The lowest BCUT2D eigenvalue weighted by Crippen LogP contribution is -2.22. The molecule has 3 heteroatoms. The van der Waals surface area contributed by atoms with Gasteiger partial charge in [-0.15, -0.1) is 0 Å². The molecule has 0 amide bonds. The molecule has 0 saturated carbocycles. The number of nitrogens with one attached hydrogen (secondary N) is 1. The summed E-state index contributed by atoms with van der Waals surface area (Å²) in [5, 5.41) is 12.6. The Bertz CT molecular complexity index is 380. The van der Waals surface area contributed by atoms with Crippen molar-refractivity contribution in [3.63, 3.8) is 0 Å². The van der Waals surface area contributed by atoms with Crippen LogP contribution in [0.5, 0.6) is 0 Å². The monoisotopic (exact) mass is 236 g/mol. The second kappa shape index (κ2) is 5.77. The first-order chi connectivity index (χ1) is 7.53. The molecule has 0 atom stereocenters. The lowest BCUT2D eigenvalue weighted by Gasteiger charge is -2.24. The van der Waals surface area contributed by atoms with Crippen LogP contribution in [-0.2, 0) is 0 Å². The molecular weight excluding hydrogens is 220 g/mol. The molecule has 0 radical (unpaired) electrons. The molecule has 2 nitrogen and oxygen atoms in total. The van der Waals surface area contributed by atoms with Crippen LogP contribution in [0.15, 0.2) is 24.3 Å². The molecule has 0 aromatic heterocycles.